The van der Waals surface area contributed by atoms with Crippen molar-refractivity contribution >= 4 is 17.1 Å². The number of benzene rings is 1. The molecule has 5 heteroatoms. The second-order valence-corrected chi connectivity index (χ2v) is 9.22. The van der Waals surface area contributed by atoms with E-state index in [0.29, 0.717) is 5.58 Å². The first kappa shape index (κ1) is 16.3. The highest BCUT2D eigenvalue weighted by molar-refractivity contribution is 5.95. The molecule has 1 saturated carbocycles. The number of nitrogens with zero attached hydrogens (tertiary/aromatic N) is 1. The zero-order valence-corrected chi connectivity index (χ0v) is 15.7. The number of aliphatic hydroxyl groups is 1. The fraction of sp³-hybridized carbons (Fsp3) is 0.619. The van der Waals surface area contributed by atoms with Gasteiger partial charge in [-0.2, -0.15) is 0 Å². The molecule has 4 atom stereocenters. The number of esters is 1. The number of ether oxygens (including phenoxy) is 1. The van der Waals surface area contributed by atoms with Gasteiger partial charge in [0, 0.05) is 11.5 Å². The SMILES string of the molecule is CC(C)c1cc2c(c3ocnc13)[C@@]13CCCC(C)(C)[C@@H]1[C@H](OC3=O)[C@@H]2O. The second-order valence-electron chi connectivity index (χ2n) is 9.22. The fourth-order valence-corrected chi connectivity index (χ4v) is 6.06. The molecule has 0 radical (unpaired) electrons. The summed E-state index contributed by atoms with van der Waals surface area (Å²) in [7, 11) is 0. The Balaban J connectivity index is 1.90. The summed E-state index contributed by atoms with van der Waals surface area (Å²) in [4.78, 5) is 17.6. The van der Waals surface area contributed by atoms with Crippen LogP contribution in [0.2, 0.25) is 0 Å². The third-order valence-corrected chi connectivity index (χ3v) is 7.07. The maximum atomic E-state index is 13.2. The average molecular weight is 355 g/mol. The highest BCUT2D eigenvalue weighted by Crippen LogP contribution is 2.65. The van der Waals surface area contributed by atoms with Crippen molar-refractivity contribution in [3.8, 4) is 0 Å². The molecule has 5 nitrogen and oxygen atoms in total. The normalized spacial score (nSPS) is 34.7. The largest absolute Gasteiger partial charge is 0.458 e. The van der Waals surface area contributed by atoms with Gasteiger partial charge in [-0.05, 0) is 35.3 Å². The van der Waals surface area contributed by atoms with Crippen LogP contribution in [-0.2, 0) is 14.9 Å². The van der Waals surface area contributed by atoms with Crippen LogP contribution >= 0.6 is 0 Å². The highest BCUT2D eigenvalue weighted by Gasteiger charge is 2.69. The van der Waals surface area contributed by atoms with Crippen molar-refractivity contribution in [3.63, 3.8) is 0 Å². The van der Waals surface area contributed by atoms with Crippen molar-refractivity contribution in [3.05, 3.63) is 29.2 Å². The van der Waals surface area contributed by atoms with Crippen LogP contribution in [0.1, 0.15) is 75.7 Å². The zero-order chi connectivity index (χ0) is 18.4. The number of oxazole rings is 1. The Kier molecular flexibility index (Phi) is 3.06. The molecule has 1 aliphatic heterocycles. The number of rotatable bonds is 1. The van der Waals surface area contributed by atoms with E-state index >= 15 is 0 Å². The van der Waals surface area contributed by atoms with Crippen LogP contribution in [0.25, 0.3) is 11.1 Å². The lowest BCUT2D eigenvalue weighted by atomic mass is 9.49. The Morgan fingerprint density at radius 2 is 2.08 bits per heavy atom. The van der Waals surface area contributed by atoms with Crippen molar-refractivity contribution < 1.29 is 19.1 Å². The van der Waals surface area contributed by atoms with Gasteiger partial charge >= 0.3 is 5.97 Å². The van der Waals surface area contributed by atoms with E-state index < -0.39 is 17.6 Å². The minimum absolute atomic E-state index is 0.0445. The molecule has 2 aliphatic carbocycles. The van der Waals surface area contributed by atoms with E-state index in [4.69, 9.17) is 9.15 Å². The van der Waals surface area contributed by atoms with Gasteiger partial charge in [0.2, 0.25) is 0 Å². The first-order valence-electron chi connectivity index (χ1n) is 9.58. The first-order valence-corrected chi connectivity index (χ1v) is 9.58. The number of hydrogen-bond acceptors (Lipinski definition) is 5. The predicted octanol–water partition coefficient (Wildman–Crippen LogP) is 3.99. The van der Waals surface area contributed by atoms with Gasteiger partial charge in [-0.25, -0.2) is 4.98 Å². The molecule has 1 N–H and O–H groups in total. The van der Waals surface area contributed by atoms with Crippen molar-refractivity contribution in [2.75, 3.05) is 0 Å². The summed E-state index contributed by atoms with van der Waals surface area (Å²) in [6.07, 6.45) is 2.88. The van der Waals surface area contributed by atoms with Crippen LogP contribution in [0.5, 0.6) is 0 Å². The quantitative estimate of drug-likeness (QED) is 0.783. The topological polar surface area (TPSA) is 72.6 Å². The Hall–Kier alpha value is -1.88. The number of aliphatic hydroxyl groups excluding tert-OH is 1. The summed E-state index contributed by atoms with van der Waals surface area (Å²) in [6.45, 7) is 8.59. The summed E-state index contributed by atoms with van der Waals surface area (Å²) >= 11 is 0. The van der Waals surface area contributed by atoms with Gasteiger partial charge < -0.3 is 14.3 Å². The Labute approximate surface area is 152 Å². The smallest absolute Gasteiger partial charge is 0.317 e. The lowest BCUT2D eigenvalue weighted by Gasteiger charge is -2.51. The van der Waals surface area contributed by atoms with Crippen LogP contribution in [0.4, 0.5) is 0 Å². The van der Waals surface area contributed by atoms with Crippen LogP contribution in [0.3, 0.4) is 0 Å². The lowest BCUT2D eigenvalue weighted by molar-refractivity contribution is -0.148. The van der Waals surface area contributed by atoms with E-state index in [-0.39, 0.29) is 23.2 Å². The van der Waals surface area contributed by atoms with Gasteiger partial charge in [-0.1, -0.05) is 40.2 Å². The third kappa shape index (κ3) is 1.70. The molecule has 26 heavy (non-hydrogen) atoms. The van der Waals surface area contributed by atoms with Crippen LogP contribution in [0, 0.1) is 11.3 Å². The van der Waals surface area contributed by atoms with Crippen LogP contribution in [-0.4, -0.2) is 22.2 Å². The van der Waals surface area contributed by atoms with Crippen LogP contribution < -0.4 is 0 Å². The maximum absolute atomic E-state index is 13.2. The van der Waals surface area contributed by atoms with E-state index in [1.165, 1.54) is 6.39 Å². The second kappa shape index (κ2) is 4.89. The molecule has 0 spiro atoms. The summed E-state index contributed by atoms with van der Waals surface area (Å²) in [5, 5.41) is 11.2. The average Bonchev–Trinajstić information content (AvgIpc) is 3.14. The van der Waals surface area contributed by atoms with Crippen LogP contribution in [0.15, 0.2) is 16.9 Å². The van der Waals surface area contributed by atoms with E-state index in [0.717, 1.165) is 41.5 Å². The lowest BCUT2D eigenvalue weighted by Crippen LogP contribution is -2.54. The highest BCUT2D eigenvalue weighted by atomic mass is 16.6. The number of carbonyl (C=O) groups is 1. The Morgan fingerprint density at radius 3 is 2.81 bits per heavy atom. The Morgan fingerprint density at radius 1 is 1.31 bits per heavy atom. The molecular weight excluding hydrogens is 330 g/mol. The van der Waals surface area contributed by atoms with Crippen molar-refractivity contribution in [2.45, 2.75) is 70.5 Å². The molecule has 1 aromatic carbocycles. The standard InChI is InChI=1S/C21H25NO4/c1-10(2)11-8-12-13(16-14(11)22-9-25-16)21-7-5-6-20(3,4)18(21)17(15(12)23)26-19(21)24/h8-10,15,17-18,23H,5-7H2,1-4H3/t15-,17-,18+,21+/m1/s1. The van der Waals surface area contributed by atoms with E-state index in [1.54, 1.807) is 0 Å². The minimum atomic E-state index is -0.820. The van der Waals surface area contributed by atoms with Crippen molar-refractivity contribution in [2.24, 2.45) is 11.3 Å². The molecule has 2 aromatic rings. The monoisotopic (exact) mass is 355 g/mol. The van der Waals surface area contributed by atoms with Gasteiger partial charge in [0.05, 0.1) is 0 Å². The van der Waals surface area contributed by atoms with E-state index in [9.17, 15) is 9.90 Å². The van der Waals surface area contributed by atoms with Gasteiger partial charge in [0.15, 0.2) is 12.0 Å². The summed E-state index contributed by atoms with van der Waals surface area (Å²) in [5.74, 6) is -0.00239. The number of fused-ring (bicyclic) bond motifs is 3. The number of aromatic nitrogens is 1. The molecule has 138 valence electrons. The third-order valence-electron chi connectivity index (χ3n) is 7.07. The Bertz CT molecular complexity index is 927. The van der Waals surface area contributed by atoms with Gasteiger partial charge in [0.1, 0.15) is 23.1 Å². The molecule has 2 heterocycles. The molecule has 3 aliphatic rings. The van der Waals surface area contributed by atoms with E-state index in [1.807, 2.05) is 6.07 Å². The molecule has 2 bridgehead atoms. The van der Waals surface area contributed by atoms with Gasteiger partial charge in [-0.15, -0.1) is 0 Å². The maximum Gasteiger partial charge on any atom is 0.317 e. The van der Waals surface area contributed by atoms with Crippen molar-refractivity contribution in [1.29, 1.82) is 0 Å². The molecule has 1 saturated heterocycles. The molecular formula is C21H25NO4. The fourth-order valence-electron chi connectivity index (χ4n) is 6.06. The van der Waals surface area contributed by atoms with Crippen molar-refractivity contribution in [1.82, 2.24) is 4.98 Å². The molecule has 0 amide bonds. The predicted molar refractivity (Wildman–Crippen MR) is 95.7 cm³/mol. The van der Waals surface area contributed by atoms with Gasteiger partial charge in [0.25, 0.3) is 0 Å². The summed E-state index contributed by atoms with van der Waals surface area (Å²) in [5.41, 5.74) is 3.32. The zero-order valence-electron chi connectivity index (χ0n) is 15.7. The van der Waals surface area contributed by atoms with E-state index in [2.05, 4.69) is 32.7 Å². The number of hydrogen-bond donors (Lipinski definition) is 1. The van der Waals surface area contributed by atoms with Gasteiger partial charge in [-0.3, -0.25) is 4.79 Å². The molecule has 2 fully saturated rings. The first-order chi connectivity index (χ1) is 12.3. The molecule has 1 aromatic heterocycles. The molecule has 0 unspecified atom stereocenters. The molecule has 5 rings (SSSR count). The minimum Gasteiger partial charge on any atom is -0.458 e. The summed E-state index contributed by atoms with van der Waals surface area (Å²) < 4.78 is 11.7. The number of carbonyl (C=O) groups excluding carboxylic acids is 1. The summed E-state index contributed by atoms with van der Waals surface area (Å²) in [6, 6.07) is 2.03.